The van der Waals surface area contributed by atoms with Gasteiger partial charge in [0.05, 0.1) is 24.8 Å². The molecule has 8 nitrogen and oxygen atoms in total. The maximum atomic E-state index is 13.1. The highest BCUT2D eigenvalue weighted by molar-refractivity contribution is 5.97. The van der Waals surface area contributed by atoms with E-state index in [9.17, 15) is 14.9 Å². The lowest BCUT2D eigenvalue weighted by Crippen LogP contribution is -2.49. The van der Waals surface area contributed by atoms with Gasteiger partial charge in [-0.1, -0.05) is 78.9 Å². The Bertz CT molecular complexity index is 1870. The number of nitrogens with one attached hydrogen (secondary N) is 3. The van der Waals surface area contributed by atoms with Crippen LogP contribution in [0, 0.1) is 11.3 Å². The molecule has 46 heavy (non-hydrogen) atoms. The zero-order valence-electron chi connectivity index (χ0n) is 26.5. The Kier molecular flexibility index (Phi) is 9.73. The fourth-order valence-corrected chi connectivity index (χ4v) is 5.46. The fourth-order valence-electron chi connectivity index (χ4n) is 5.46. The van der Waals surface area contributed by atoms with Gasteiger partial charge in [-0.15, -0.1) is 0 Å². The van der Waals surface area contributed by atoms with Crippen LogP contribution < -0.4 is 10.6 Å². The van der Waals surface area contributed by atoms with Crippen LogP contribution in [0.5, 0.6) is 0 Å². The Balaban J connectivity index is 1.45. The van der Waals surface area contributed by atoms with Gasteiger partial charge in [-0.3, -0.25) is 0 Å². The van der Waals surface area contributed by atoms with E-state index in [0.717, 1.165) is 39.6 Å². The number of hydrogen-bond acceptors (Lipinski definition) is 6. The lowest BCUT2D eigenvalue weighted by molar-refractivity contribution is 0.0501. The highest BCUT2D eigenvalue weighted by Crippen LogP contribution is 2.29. The lowest BCUT2D eigenvalue weighted by atomic mass is 9.96. The smallest absolute Gasteiger partial charge is 0.407 e. The molecule has 1 amide bonds. The van der Waals surface area contributed by atoms with Crippen LogP contribution in [-0.2, 0) is 22.3 Å². The van der Waals surface area contributed by atoms with E-state index in [1.807, 2.05) is 66.9 Å². The number of aromatic nitrogens is 1. The van der Waals surface area contributed by atoms with Crippen LogP contribution in [0.1, 0.15) is 47.8 Å². The molecule has 1 aromatic heterocycles. The van der Waals surface area contributed by atoms with E-state index >= 15 is 0 Å². The first kappa shape index (κ1) is 31.9. The first-order valence-electron chi connectivity index (χ1n) is 15.2. The molecular formula is C38H38N4O4. The summed E-state index contributed by atoms with van der Waals surface area (Å²) in [6, 6.07) is 32.4. The van der Waals surface area contributed by atoms with Crippen molar-refractivity contribution < 1.29 is 19.1 Å². The molecule has 3 N–H and O–H groups in total. The van der Waals surface area contributed by atoms with Crippen molar-refractivity contribution in [1.29, 1.82) is 5.26 Å². The summed E-state index contributed by atoms with van der Waals surface area (Å²) in [6.07, 6.45) is 2.35. The van der Waals surface area contributed by atoms with Crippen LogP contribution in [0.25, 0.3) is 22.0 Å². The molecule has 0 saturated heterocycles. The fraction of sp³-hybridized carbons (Fsp3) is 0.237. The Morgan fingerprint density at radius 3 is 2.35 bits per heavy atom. The van der Waals surface area contributed by atoms with Gasteiger partial charge in [0.1, 0.15) is 11.6 Å². The molecule has 0 aliphatic heterocycles. The lowest BCUT2D eigenvalue weighted by Gasteiger charge is -2.27. The minimum Gasteiger partial charge on any atom is -0.465 e. The molecule has 0 spiro atoms. The summed E-state index contributed by atoms with van der Waals surface area (Å²) in [4.78, 5) is 29.3. The van der Waals surface area contributed by atoms with E-state index in [1.165, 1.54) is 12.7 Å². The molecule has 0 saturated carbocycles. The number of ether oxygens (including phenoxy) is 2. The van der Waals surface area contributed by atoms with Gasteiger partial charge in [0, 0.05) is 22.8 Å². The second kappa shape index (κ2) is 14.0. The van der Waals surface area contributed by atoms with Crippen molar-refractivity contribution in [3.8, 4) is 17.2 Å². The standard InChI is InChI=1S/C38H38N4O4/c1-38(2,3)46-37(44)42-34(22-29-24-40-32-16-9-8-15-30(29)32)35(23-39)41-33-18-17-28(21-31(33)36(43)45-4)27-14-10-13-26(20-27)19-25-11-6-5-7-12-25/h5-18,20-21,24,34-35,40-41H,19,22H2,1-4H3,(H,42,44). The van der Waals surface area contributed by atoms with Crippen molar-refractivity contribution in [2.24, 2.45) is 0 Å². The predicted molar refractivity (Wildman–Crippen MR) is 181 cm³/mol. The van der Waals surface area contributed by atoms with Crippen molar-refractivity contribution in [3.63, 3.8) is 0 Å². The van der Waals surface area contributed by atoms with Crippen LogP contribution in [0.4, 0.5) is 10.5 Å². The molecule has 2 atom stereocenters. The van der Waals surface area contributed by atoms with Crippen LogP contribution in [0.15, 0.2) is 103 Å². The van der Waals surface area contributed by atoms with Gasteiger partial charge in [0.15, 0.2) is 0 Å². The van der Waals surface area contributed by atoms with E-state index in [0.29, 0.717) is 12.1 Å². The number of H-pyrrole nitrogens is 1. The number of rotatable bonds is 10. The van der Waals surface area contributed by atoms with Gasteiger partial charge in [-0.05, 0) is 79.6 Å². The molecule has 0 fully saturated rings. The third kappa shape index (κ3) is 7.93. The molecule has 4 aromatic carbocycles. The summed E-state index contributed by atoms with van der Waals surface area (Å²) >= 11 is 0. The number of fused-ring (bicyclic) bond motifs is 1. The SMILES string of the molecule is COC(=O)c1cc(-c2cccc(Cc3ccccc3)c2)ccc1NC(C#N)C(Cc1c[nH]c2ccccc12)NC(=O)OC(C)(C)C. The van der Waals surface area contributed by atoms with E-state index in [2.05, 4.69) is 46.0 Å². The Morgan fingerprint density at radius 1 is 0.891 bits per heavy atom. The van der Waals surface area contributed by atoms with Crippen LogP contribution in [0.3, 0.4) is 0 Å². The average Bonchev–Trinajstić information content (AvgIpc) is 3.45. The quantitative estimate of drug-likeness (QED) is 0.139. The number of esters is 1. The number of aromatic amines is 1. The number of alkyl carbamates (subject to hydrolysis) is 1. The Labute approximate surface area is 269 Å². The second-order valence-corrected chi connectivity index (χ2v) is 12.2. The number of methoxy groups -OCH3 is 1. The zero-order chi connectivity index (χ0) is 32.7. The van der Waals surface area contributed by atoms with Crippen LogP contribution in [0.2, 0.25) is 0 Å². The van der Waals surface area contributed by atoms with Gasteiger partial charge in [-0.25, -0.2) is 9.59 Å². The first-order chi connectivity index (χ1) is 22.1. The molecule has 0 bridgehead atoms. The van der Waals surface area contributed by atoms with Crippen molar-refractivity contribution in [3.05, 3.63) is 126 Å². The van der Waals surface area contributed by atoms with Crippen LogP contribution in [-0.4, -0.2) is 41.8 Å². The molecular weight excluding hydrogens is 576 g/mol. The Hall–Kier alpha value is -5.55. The molecule has 8 heteroatoms. The Morgan fingerprint density at radius 2 is 1.61 bits per heavy atom. The van der Waals surface area contributed by atoms with E-state index in [4.69, 9.17) is 9.47 Å². The predicted octanol–water partition coefficient (Wildman–Crippen LogP) is 7.65. The number of nitrogens with zero attached hydrogens (tertiary/aromatic N) is 1. The van der Waals surface area contributed by atoms with E-state index in [-0.39, 0.29) is 5.56 Å². The summed E-state index contributed by atoms with van der Waals surface area (Å²) < 4.78 is 10.7. The molecule has 0 aliphatic carbocycles. The van der Waals surface area contributed by atoms with Crippen molar-refractivity contribution in [1.82, 2.24) is 10.3 Å². The van der Waals surface area contributed by atoms with E-state index < -0.39 is 29.7 Å². The maximum absolute atomic E-state index is 13.1. The number of amides is 1. The number of nitriles is 1. The number of carbonyl (C=O) groups is 2. The molecule has 0 radical (unpaired) electrons. The molecule has 234 valence electrons. The van der Waals surface area contributed by atoms with Gasteiger partial charge in [-0.2, -0.15) is 5.26 Å². The summed E-state index contributed by atoms with van der Waals surface area (Å²) in [5.74, 6) is -0.547. The normalized spacial score (nSPS) is 12.5. The first-order valence-corrected chi connectivity index (χ1v) is 15.2. The second-order valence-electron chi connectivity index (χ2n) is 12.2. The topological polar surface area (TPSA) is 116 Å². The number of anilines is 1. The summed E-state index contributed by atoms with van der Waals surface area (Å²) in [5, 5.41) is 17.5. The molecule has 1 heterocycles. The number of para-hydroxylation sites is 1. The minimum atomic E-state index is -0.926. The number of hydrogen-bond donors (Lipinski definition) is 3. The van der Waals surface area contributed by atoms with Gasteiger partial charge >= 0.3 is 12.1 Å². The highest BCUT2D eigenvalue weighted by atomic mass is 16.6. The largest absolute Gasteiger partial charge is 0.465 e. The third-order valence-electron chi connectivity index (χ3n) is 7.61. The highest BCUT2D eigenvalue weighted by Gasteiger charge is 2.28. The van der Waals surface area contributed by atoms with Gasteiger partial charge in [0.25, 0.3) is 0 Å². The van der Waals surface area contributed by atoms with Gasteiger partial charge < -0.3 is 25.1 Å². The van der Waals surface area contributed by atoms with E-state index in [1.54, 1.807) is 32.9 Å². The minimum absolute atomic E-state index is 0.275. The van der Waals surface area contributed by atoms with Gasteiger partial charge in [0.2, 0.25) is 0 Å². The zero-order valence-corrected chi connectivity index (χ0v) is 26.5. The average molecular weight is 615 g/mol. The number of benzene rings is 4. The molecule has 5 aromatic rings. The summed E-state index contributed by atoms with van der Waals surface area (Å²) in [5.41, 5.74) is 5.97. The molecule has 2 unspecified atom stereocenters. The van der Waals surface area contributed by atoms with Crippen molar-refractivity contribution in [2.75, 3.05) is 12.4 Å². The monoisotopic (exact) mass is 614 g/mol. The summed E-state index contributed by atoms with van der Waals surface area (Å²) in [7, 11) is 1.32. The third-order valence-corrected chi connectivity index (χ3v) is 7.61. The number of carbonyl (C=O) groups excluding carboxylic acids is 2. The van der Waals surface area contributed by atoms with Crippen LogP contribution >= 0.6 is 0 Å². The van der Waals surface area contributed by atoms with Crippen molar-refractivity contribution >= 4 is 28.7 Å². The van der Waals surface area contributed by atoms with Crippen molar-refractivity contribution in [2.45, 2.75) is 51.3 Å². The summed E-state index contributed by atoms with van der Waals surface area (Å²) in [6.45, 7) is 5.34. The molecule has 0 aliphatic rings. The maximum Gasteiger partial charge on any atom is 0.407 e. The molecule has 5 rings (SSSR count).